The van der Waals surface area contributed by atoms with Crippen molar-refractivity contribution >= 4 is 22.6 Å². The quantitative estimate of drug-likeness (QED) is 0.729. The fourth-order valence-corrected chi connectivity index (χ4v) is 2.39. The van der Waals surface area contributed by atoms with E-state index in [1.165, 1.54) is 13.2 Å². The standard InChI is InChI=1S/C17H13ClO4/c1-20-12-7-15(21-2)17-13(19)9-14(22-16(17)8-12)10-3-5-11(18)6-4-10/h3-9H,1-2H3. The molecule has 3 aromatic rings. The van der Waals surface area contributed by atoms with Gasteiger partial charge in [-0.25, -0.2) is 0 Å². The largest absolute Gasteiger partial charge is 0.496 e. The molecule has 0 bridgehead atoms. The Morgan fingerprint density at radius 1 is 1.00 bits per heavy atom. The molecule has 0 spiro atoms. The van der Waals surface area contributed by atoms with Crippen LogP contribution in [0.2, 0.25) is 5.02 Å². The van der Waals surface area contributed by atoms with Crippen molar-refractivity contribution in [2.75, 3.05) is 14.2 Å². The highest BCUT2D eigenvalue weighted by Gasteiger charge is 2.13. The summed E-state index contributed by atoms with van der Waals surface area (Å²) in [5.41, 5.74) is 1.00. The van der Waals surface area contributed by atoms with Crippen molar-refractivity contribution in [2.24, 2.45) is 0 Å². The molecule has 0 aliphatic heterocycles. The van der Waals surface area contributed by atoms with Gasteiger partial charge in [0, 0.05) is 28.8 Å². The van der Waals surface area contributed by atoms with Crippen molar-refractivity contribution < 1.29 is 13.9 Å². The molecule has 5 heteroatoms. The number of rotatable bonds is 3. The summed E-state index contributed by atoms with van der Waals surface area (Å²) in [5, 5.41) is 1.01. The highest BCUT2D eigenvalue weighted by atomic mass is 35.5. The SMILES string of the molecule is COc1cc(OC)c2c(=O)cc(-c3ccc(Cl)cc3)oc2c1. The molecule has 1 heterocycles. The van der Waals surface area contributed by atoms with E-state index in [4.69, 9.17) is 25.5 Å². The molecule has 0 radical (unpaired) electrons. The Labute approximate surface area is 131 Å². The summed E-state index contributed by atoms with van der Waals surface area (Å²) < 4.78 is 16.3. The van der Waals surface area contributed by atoms with Crippen molar-refractivity contribution in [3.8, 4) is 22.8 Å². The first-order chi connectivity index (χ1) is 10.6. The fourth-order valence-electron chi connectivity index (χ4n) is 2.26. The van der Waals surface area contributed by atoms with Gasteiger partial charge in [0.2, 0.25) is 0 Å². The molecule has 0 saturated heterocycles. The van der Waals surface area contributed by atoms with Crippen LogP contribution in [0.4, 0.5) is 0 Å². The van der Waals surface area contributed by atoms with Crippen LogP contribution in [0.5, 0.6) is 11.5 Å². The third-order valence-corrected chi connectivity index (χ3v) is 3.60. The van der Waals surface area contributed by atoms with Crippen molar-refractivity contribution in [2.45, 2.75) is 0 Å². The molecular weight excluding hydrogens is 304 g/mol. The number of fused-ring (bicyclic) bond motifs is 1. The van der Waals surface area contributed by atoms with Gasteiger partial charge in [-0.2, -0.15) is 0 Å². The fraction of sp³-hybridized carbons (Fsp3) is 0.118. The molecule has 1 aromatic heterocycles. The highest BCUT2D eigenvalue weighted by Crippen LogP contribution is 2.31. The molecule has 0 aliphatic rings. The summed E-state index contributed by atoms with van der Waals surface area (Å²) in [7, 11) is 3.04. The normalized spacial score (nSPS) is 10.7. The molecule has 2 aromatic carbocycles. The van der Waals surface area contributed by atoms with Gasteiger partial charge in [0.05, 0.1) is 14.2 Å². The van der Waals surface area contributed by atoms with E-state index in [1.807, 2.05) is 0 Å². The number of hydrogen-bond donors (Lipinski definition) is 0. The lowest BCUT2D eigenvalue weighted by Gasteiger charge is -2.09. The van der Waals surface area contributed by atoms with Gasteiger partial charge >= 0.3 is 0 Å². The zero-order chi connectivity index (χ0) is 15.7. The van der Waals surface area contributed by atoms with Crippen LogP contribution >= 0.6 is 11.6 Å². The number of methoxy groups -OCH3 is 2. The Bertz CT molecular complexity index is 882. The lowest BCUT2D eigenvalue weighted by molar-refractivity contribution is 0.396. The summed E-state index contributed by atoms with van der Waals surface area (Å²) in [6.45, 7) is 0. The molecule has 3 rings (SSSR count). The van der Waals surface area contributed by atoms with E-state index in [9.17, 15) is 4.79 Å². The van der Waals surface area contributed by atoms with Gasteiger partial charge < -0.3 is 13.9 Å². The van der Waals surface area contributed by atoms with Gasteiger partial charge in [-0.1, -0.05) is 11.6 Å². The van der Waals surface area contributed by atoms with Crippen LogP contribution in [0.25, 0.3) is 22.3 Å². The monoisotopic (exact) mass is 316 g/mol. The van der Waals surface area contributed by atoms with Gasteiger partial charge in [-0.3, -0.25) is 4.79 Å². The lowest BCUT2D eigenvalue weighted by atomic mass is 10.1. The first kappa shape index (κ1) is 14.5. The Kier molecular flexibility index (Phi) is 3.77. The lowest BCUT2D eigenvalue weighted by Crippen LogP contribution is -2.03. The summed E-state index contributed by atoms with van der Waals surface area (Å²) in [6, 6.07) is 11.8. The van der Waals surface area contributed by atoms with Crippen LogP contribution in [-0.2, 0) is 0 Å². The summed E-state index contributed by atoms with van der Waals surface area (Å²) in [5.74, 6) is 1.44. The third-order valence-electron chi connectivity index (χ3n) is 3.35. The molecule has 0 amide bonds. The molecular formula is C17H13ClO4. The van der Waals surface area contributed by atoms with E-state index in [0.717, 1.165) is 5.56 Å². The zero-order valence-corrected chi connectivity index (χ0v) is 12.8. The molecule has 0 saturated carbocycles. The van der Waals surface area contributed by atoms with Crippen LogP contribution in [0.15, 0.2) is 51.7 Å². The average Bonchev–Trinajstić information content (AvgIpc) is 2.54. The molecule has 0 fully saturated rings. The van der Waals surface area contributed by atoms with Crippen molar-refractivity contribution in [3.05, 3.63) is 57.7 Å². The van der Waals surface area contributed by atoms with E-state index in [2.05, 4.69) is 0 Å². The Morgan fingerprint density at radius 2 is 1.73 bits per heavy atom. The summed E-state index contributed by atoms with van der Waals surface area (Å²) in [4.78, 5) is 12.4. The van der Waals surface area contributed by atoms with Crippen molar-refractivity contribution in [1.82, 2.24) is 0 Å². The maximum atomic E-state index is 12.4. The van der Waals surface area contributed by atoms with Crippen LogP contribution in [0.3, 0.4) is 0 Å². The molecule has 0 N–H and O–H groups in total. The van der Waals surface area contributed by atoms with Gasteiger partial charge in [0.25, 0.3) is 0 Å². The number of halogens is 1. The van der Waals surface area contributed by atoms with E-state index in [0.29, 0.717) is 33.3 Å². The zero-order valence-electron chi connectivity index (χ0n) is 12.1. The first-order valence-electron chi connectivity index (χ1n) is 6.58. The molecule has 0 aliphatic carbocycles. The number of ether oxygens (including phenoxy) is 2. The number of hydrogen-bond acceptors (Lipinski definition) is 4. The van der Waals surface area contributed by atoms with E-state index in [-0.39, 0.29) is 5.43 Å². The van der Waals surface area contributed by atoms with E-state index >= 15 is 0 Å². The minimum atomic E-state index is -0.175. The number of benzene rings is 2. The van der Waals surface area contributed by atoms with Gasteiger partial charge in [-0.05, 0) is 24.3 Å². The first-order valence-corrected chi connectivity index (χ1v) is 6.96. The Morgan fingerprint density at radius 3 is 2.36 bits per heavy atom. The summed E-state index contributed by atoms with van der Waals surface area (Å²) in [6.07, 6.45) is 0. The molecule has 0 atom stereocenters. The van der Waals surface area contributed by atoms with Crippen LogP contribution < -0.4 is 14.9 Å². The average molecular weight is 317 g/mol. The van der Waals surface area contributed by atoms with Crippen molar-refractivity contribution in [3.63, 3.8) is 0 Å². The summed E-state index contributed by atoms with van der Waals surface area (Å²) >= 11 is 5.88. The minimum Gasteiger partial charge on any atom is -0.496 e. The molecule has 4 nitrogen and oxygen atoms in total. The Hall–Kier alpha value is -2.46. The van der Waals surface area contributed by atoms with Gasteiger partial charge in [-0.15, -0.1) is 0 Å². The van der Waals surface area contributed by atoms with Crippen molar-refractivity contribution in [1.29, 1.82) is 0 Å². The topological polar surface area (TPSA) is 48.7 Å². The smallest absolute Gasteiger partial charge is 0.197 e. The Balaban J connectivity index is 2.27. The van der Waals surface area contributed by atoms with E-state index in [1.54, 1.807) is 43.5 Å². The van der Waals surface area contributed by atoms with Crippen LogP contribution in [0, 0.1) is 0 Å². The minimum absolute atomic E-state index is 0.175. The van der Waals surface area contributed by atoms with Gasteiger partial charge in [0.1, 0.15) is 28.2 Å². The molecule has 112 valence electrons. The van der Waals surface area contributed by atoms with Crippen LogP contribution in [-0.4, -0.2) is 14.2 Å². The van der Waals surface area contributed by atoms with E-state index < -0.39 is 0 Å². The molecule has 0 unspecified atom stereocenters. The second-order valence-corrected chi connectivity index (χ2v) is 5.12. The second-order valence-electron chi connectivity index (χ2n) is 4.68. The highest BCUT2D eigenvalue weighted by molar-refractivity contribution is 6.30. The maximum absolute atomic E-state index is 12.4. The van der Waals surface area contributed by atoms with Crippen LogP contribution in [0.1, 0.15) is 0 Å². The predicted octanol–water partition coefficient (Wildman–Crippen LogP) is 4.13. The third kappa shape index (κ3) is 2.53. The predicted molar refractivity (Wildman–Crippen MR) is 86.0 cm³/mol. The molecule has 22 heavy (non-hydrogen) atoms. The maximum Gasteiger partial charge on any atom is 0.197 e. The second kappa shape index (κ2) is 5.73. The van der Waals surface area contributed by atoms with Gasteiger partial charge in [0.15, 0.2) is 5.43 Å².